The van der Waals surface area contributed by atoms with E-state index in [-0.39, 0.29) is 6.10 Å². The summed E-state index contributed by atoms with van der Waals surface area (Å²) in [6.07, 6.45) is 9.37. The highest BCUT2D eigenvalue weighted by molar-refractivity contribution is 7.80. The van der Waals surface area contributed by atoms with Gasteiger partial charge in [-0.05, 0) is 69.0 Å². The molecule has 3 fully saturated rings. The zero-order valence-electron chi connectivity index (χ0n) is 10.9. The first kappa shape index (κ1) is 12.7. The summed E-state index contributed by atoms with van der Waals surface area (Å²) < 4.78 is 0. The highest BCUT2D eigenvalue weighted by Gasteiger charge is 2.39. The van der Waals surface area contributed by atoms with Gasteiger partial charge in [0.25, 0.3) is 0 Å². The fraction of sp³-hybridized carbons (Fsp3) is 0.929. The molecule has 4 heteroatoms. The van der Waals surface area contributed by atoms with Crippen LogP contribution < -0.4 is 10.6 Å². The van der Waals surface area contributed by atoms with Gasteiger partial charge in [0.15, 0.2) is 5.11 Å². The molecule has 0 aromatic rings. The highest BCUT2D eigenvalue weighted by atomic mass is 32.1. The summed E-state index contributed by atoms with van der Waals surface area (Å²) in [7, 11) is 0. The molecular weight excluding hydrogens is 244 g/mol. The second kappa shape index (κ2) is 5.33. The number of thiocarbonyl (C=S) groups is 1. The van der Waals surface area contributed by atoms with Gasteiger partial charge in [-0.1, -0.05) is 6.42 Å². The molecule has 3 atom stereocenters. The first-order valence-electron chi connectivity index (χ1n) is 7.46. The Morgan fingerprint density at radius 3 is 2.33 bits per heavy atom. The minimum Gasteiger partial charge on any atom is -0.393 e. The van der Waals surface area contributed by atoms with E-state index in [4.69, 9.17) is 12.2 Å². The Bertz CT molecular complexity index is 315. The standard InChI is InChI=1S/C14H24N2OS/c17-12-5-3-11(4-6-12)15-14(18)16-13-8-9-1-2-10(13)7-9/h9-13,17H,1-8H2,(H2,15,16,18)/t9-,10+,11?,12?,13+/m0/s1. The molecule has 3 rings (SSSR count). The van der Waals surface area contributed by atoms with Crippen LogP contribution in [0, 0.1) is 11.8 Å². The van der Waals surface area contributed by atoms with E-state index in [9.17, 15) is 5.11 Å². The van der Waals surface area contributed by atoms with E-state index in [1.807, 2.05) is 0 Å². The van der Waals surface area contributed by atoms with Crippen LogP contribution in [-0.2, 0) is 0 Å². The largest absolute Gasteiger partial charge is 0.393 e. The Morgan fingerprint density at radius 1 is 0.944 bits per heavy atom. The normalized spacial score (nSPS) is 42.8. The molecule has 3 aliphatic carbocycles. The van der Waals surface area contributed by atoms with E-state index < -0.39 is 0 Å². The van der Waals surface area contributed by atoms with Crippen molar-refractivity contribution in [3.8, 4) is 0 Å². The second-order valence-corrected chi connectivity index (χ2v) is 6.81. The third-order valence-corrected chi connectivity index (χ3v) is 5.32. The molecule has 0 spiro atoms. The molecule has 0 aromatic heterocycles. The minimum absolute atomic E-state index is 0.0878. The number of rotatable bonds is 2. The van der Waals surface area contributed by atoms with Crippen LogP contribution in [0.1, 0.15) is 51.4 Å². The van der Waals surface area contributed by atoms with E-state index in [2.05, 4.69) is 10.6 Å². The van der Waals surface area contributed by atoms with Crippen LogP contribution in [0.3, 0.4) is 0 Å². The van der Waals surface area contributed by atoms with Crippen molar-refractivity contribution in [3.05, 3.63) is 0 Å². The molecule has 0 aliphatic heterocycles. The van der Waals surface area contributed by atoms with Crippen LogP contribution in [0.5, 0.6) is 0 Å². The van der Waals surface area contributed by atoms with Crippen molar-refractivity contribution in [3.63, 3.8) is 0 Å². The van der Waals surface area contributed by atoms with Gasteiger partial charge in [0, 0.05) is 12.1 Å². The van der Waals surface area contributed by atoms with Gasteiger partial charge in [0.05, 0.1) is 6.10 Å². The van der Waals surface area contributed by atoms with Crippen LogP contribution in [0.4, 0.5) is 0 Å². The summed E-state index contributed by atoms with van der Waals surface area (Å²) >= 11 is 5.43. The van der Waals surface area contributed by atoms with Gasteiger partial charge in [-0.25, -0.2) is 0 Å². The lowest BCUT2D eigenvalue weighted by molar-refractivity contribution is 0.120. The van der Waals surface area contributed by atoms with Crippen LogP contribution in [0.25, 0.3) is 0 Å². The molecule has 0 saturated heterocycles. The summed E-state index contributed by atoms with van der Waals surface area (Å²) in [5, 5.41) is 17.3. The molecule has 3 aliphatic rings. The van der Waals surface area contributed by atoms with E-state index in [1.54, 1.807) is 0 Å². The van der Waals surface area contributed by atoms with E-state index in [0.29, 0.717) is 12.1 Å². The molecule has 3 nitrogen and oxygen atoms in total. The summed E-state index contributed by atoms with van der Waals surface area (Å²) in [5.41, 5.74) is 0. The number of fused-ring (bicyclic) bond motifs is 2. The summed E-state index contributed by atoms with van der Waals surface area (Å²) in [4.78, 5) is 0. The molecule has 18 heavy (non-hydrogen) atoms. The molecule has 0 heterocycles. The predicted octanol–water partition coefficient (Wildman–Crippen LogP) is 1.94. The molecule has 0 aromatic carbocycles. The van der Waals surface area contributed by atoms with Crippen molar-refractivity contribution < 1.29 is 5.11 Å². The smallest absolute Gasteiger partial charge is 0.166 e. The number of aliphatic hydroxyl groups excluding tert-OH is 1. The lowest BCUT2D eigenvalue weighted by atomic mass is 9.93. The zero-order chi connectivity index (χ0) is 12.5. The Kier molecular flexibility index (Phi) is 3.76. The van der Waals surface area contributed by atoms with Gasteiger partial charge in [-0.15, -0.1) is 0 Å². The maximum absolute atomic E-state index is 9.49. The topological polar surface area (TPSA) is 44.3 Å². The predicted molar refractivity (Wildman–Crippen MR) is 76.4 cm³/mol. The molecule has 2 bridgehead atoms. The fourth-order valence-corrected chi connectivity index (χ4v) is 4.36. The number of nitrogens with one attached hydrogen (secondary N) is 2. The monoisotopic (exact) mass is 268 g/mol. The Balaban J connectivity index is 1.42. The van der Waals surface area contributed by atoms with E-state index in [0.717, 1.165) is 42.6 Å². The first-order chi connectivity index (χ1) is 8.70. The van der Waals surface area contributed by atoms with Gasteiger partial charge >= 0.3 is 0 Å². The highest BCUT2D eigenvalue weighted by Crippen LogP contribution is 2.44. The molecule has 0 unspecified atom stereocenters. The average Bonchev–Trinajstić information content (AvgIpc) is 2.94. The lowest BCUT2D eigenvalue weighted by Crippen LogP contribution is -2.48. The van der Waals surface area contributed by atoms with Crippen molar-refractivity contribution in [2.24, 2.45) is 11.8 Å². The summed E-state index contributed by atoms with van der Waals surface area (Å²) in [6.45, 7) is 0. The Labute approximate surface area is 115 Å². The molecule has 0 radical (unpaired) electrons. The van der Waals surface area contributed by atoms with Crippen molar-refractivity contribution in [1.82, 2.24) is 10.6 Å². The quantitative estimate of drug-likeness (QED) is 0.670. The maximum Gasteiger partial charge on any atom is 0.166 e. The molecular formula is C14H24N2OS. The average molecular weight is 268 g/mol. The number of hydrogen-bond acceptors (Lipinski definition) is 2. The SMILES string of the molecule is OC1CCC(NC(=S)N[C@@H]2C[C@H]3CC[C@@H]2C3)CC1. The van der Waals surface area contributed by atoms with Gasteiger partial charge in [-0.3, -0.25) is 0 Å². The summed E-state index contributed by atoms with van der Waals surface area (Å²) in [6, 6.07) is 1.09. The third kappa shape index (κ3) is 2.80. The zero-order valence-corrected chi connectivity index (χ0v) is 11.7. The molecule has 102 valence electrons. The van der Waals surface area contributed by atoms with Crippen molar-refractivity contribution in [2.45, 2.75) is 69.6 Å². The van der Waals surface area contributed by atoms with Gasteiger partial charge in [0.2, 0.25) is 0 Å². The van der Waals surface area contributed by atoms with E-state index >= 15 is 0 Å². The van der Waals surface area contributed by atoms with Crippen LogP contribution in [0.2, 0.25) is 0 Å². The van der Waals surface area contributed by atoms with Crippen molar-refractivity contribution in [1.29, 1.82) is 0 Å². The number of aliphatic hydroxyl groups is 1. The molecule has 3 saturated carbocycles. The fourth-order valence-electron chi connectivity index (χ4n) is 4.04. The van der Waals surface area contributed by atoms with Gasteiger partial charge in [-0.2, -0.15) is 0 Å². The van der Waals surface area contributed by atoms with Crippen molar-refractivity contribution >= 4 is 17.3 Å². The van der Waals surface area contributed by atoms with Gasteiger partial charge in [0.1, 0.15) is 0 Å². The number of hydrogen-bond donors (Lipinski definition) is 3. The Morgan fingerprint density at radius 2 is 1.72 bits per heavy atom. The minimum atomic E-state index is -0.0878. The molecule has 0 amide bonds. The maximum atomic E-state index is 9.49. The first-order valence-corrected chi connectivity index (χ1v) is 7.86. The molecule has 3 N–H and O–H groups in total. The Hall–Kier alpha value is -0.350. The summed E-state index contributed by atoms with van der Waals surface area (Å²) in [5.74, 6) is 1.82. The third-order valence-electron chi connectivity index (χ3n) is 5.09. The van der Waals surface area contributed by atoms with Crippen LogP contribution >= 0.6 is 12.2 Å². The van der Waals surface area contributed by atoms with Crippen LogP contribution in [0.15, 0.2) is 0 Å². The lowest BCUT2D eigenvalue weighted by Gasteiger charge is -2.30. The van der Waals surface area contributed by atoms with Crippen LogP contribution in [-0.4, -0.2) is 28.4 Å². The van der Waals surface area contributed by atoms with Gasteiger partial charge < -0.3 is 15.7 Å². The van der Waals surface area contributed by atoms with E-state index in [1.165, 1.54) is 25.7 Å². The van der Waals surface area contributed by atoms with Crippen molar-refractivity contribution in [2.75, 3.05) is 0 Å². The second-order valence-electron chi connectivity index (χ2n) is 6.40.